The van der Waals surface area contributed by atoms with Crippen LogP contribution in [0.2, 0.25) is 0 Å². The number of amides is 2. The summed E-state index contributed by atoms with van der Waals surface area (Å²) < 4.78 is 15.3. The van der Waals surface area contributed by atoms with E-state index in [1.807, 2.05) is 42.6 Å². The molecule has 8 nitrogen and oxygen atoms in total. The molecule has 0 bridgehead atoms. The SMILES string of the molecule is CN(C)C(=O)C(c1ccc(-c2ccc3[nH]cn[n+]3c2)cc1)C(N)C(=O)N1CC[C@H](F)C1. The molecule has 2 unspecified atom stereocenters. The minimum absolute atomic E-state index is 0.0294. The number of hydrogen-bond acceptors (Lipinski definition) is 4. The van der Waals surface area contributed by atoms with Gasteiger partial charge in [-0.25, -0.2) is 9.37 Å². The summed E-state index contributed by atoms with van der Waals surface area (Å²) in [6, 6.07) is 10.2. The number of fused-ring (bicyclic) bond motifs is 1. The van der Waals surface area contributed by atoms with Crippen molar-refractivity contribution in [2.24, 2.45) is 5.73 Å². The Kier molecular flexibility index (Phi) is 5.69. The van der Waals surface area contributed by atoms with Crippen LogP contribution in [0, 0.1) is 0 Å². The Bertz CT molecular complexity index is 1100. The summed E-state index contributed by atoms with van der Waals surface area (Å²) in [6.07, 6.45) is 2.78. The predicted molar refractivity (Wildman–Crippen MR) is 113 cm³/mol. The maximum Gasteiger partial charge on any atom is 0.306 e. The Labute approximate surface area is 179 Å². The number of rotatable bonds is 5. The molecule has 9 heteroatoms. The van der Waals surface area contributed by atoms with Crippen molar-refractivity contribution in [2.75, 3.05) is 27.2 Å². The molecular formula is C22H26FN6O2+. The average Bonchev–Trinajstić information content (AvgIpc) is 3.41. The zero-order valence-corrected chi connectivity index (χ0v) is 17.5. The normalized spacial score (nSPS) is 18.2. The molecule has 31 heavy (non-hydrogen) atoms. The number of aromatic amines is 1. The number of hydrogen-bond donors (Lipinski definition) is 2. The molecule has 3 atom stereocenters. The molecule has 1 fully saturated rings. The van der Waals surface area contributed by atoms with Gasteiger partial charge in [0.25, 0.3) is 0 Å². The summed E-state index contributed by atoms with van der Waals surface area (Å²) in [5, 5.41) is 4.20. The van der Waals surface area contributed by atoms with Crippen molar-refractivity contribution in [3.63, 3.8) is 0 Å². The zero-order valence-electron chi connectivity index (χ0n) is 17.5. The van der Waals surface area contributed by atoms with Gasteiger partial charge in [-0.3, -0.25) is 9.59 Å². The highest BCUT2D eigenvalue weighted by atomic mass is 19.1. The van der Waals surface area contributed by atoms with E-state index in [1.165, 1.54) is 9.80 Å². The van der Waals surface area contributed by atoms with Crippen LogP contribution < -0.4 is 10.2 Å². The van der Waals surface area contributed by atoms with Crippen molar-refractivity contribution in [1.29, 1.82) is 0 Å². The number of pyridine rings is 1. The lowest BCUT2D eigenvalue weighted by atomic mass is 9.88. The van der Waals surface area contributed by atoms with Crippen LogP contribution >= 0.6 is 0 Å². The fourth-order valence-electron chi connectivity index (χ4n) is 3.96. The number of nitrogens with zero attached hydrogens (tertiary/aromatic N) is 4. The first kappa shape index (κ1) is 20.9. The van der Waals surface area contributed by atoms with Gasteiger partial charge in [0.05, 0.1) is 12.5 Å². The first-order valence-corrected chi connectivity index (χ1v) is 10.2. The molecule has 3 N–H and O–H groups in total. The molecule has 4 rings (SSSR count). The summed E-state index contributed by atoms with van der Waals surface area (Å²) in [5.41, 5.74) is 9.70. The van der Waals surface area contributed by atoms with Gasteiger partial charge < -0.3 is 15.5 Å². The maximum atomic E-state index is 13.6. The van der Waals surface area contributed by atoms with Gasteiger partial charge >= 0.3 is 5.65 Å². The van der Waals surface area contributed by atoms with Gasteiger partial charge in [-0.2, -0.15) is 0 Å². The Morgan fingerprint density at radius 2 is 1.94 bits per heavy atom. The first-order chi connectivity index (χ1) is 14.8. The number of nitrogens with one attached hydrogen (secondary N) is 1. The number of carbonyl (C=O) groups excluding carboxylic acids is 2. The van der Waals surface area contributed by atoms with Crippen molar-refractivity contribution < 1.29 is 18.5 Å². The standard InChI is InChI=1S/C22H25FN6O2/c1-27(2)21(30)19(20(24)22(31)28-10-9-17(23)12-28)15-5-3-14(4-6-15)16-7-8-18-25-13-26-29(18)11-16/h3-8,11,13,17,19-20H,9-10,12,24H2,1-2H3/p+1/t17-,19?,20?/m0/s1. The van der Waals surface area contributed by atoms with E-state index in [9.17, 15) is 14.0 Å². The highest BCUT2D eigenvalue weighted by molar-refractivity contribution is 5.93. The second-order valence-corrected chi connectivity index (χ2v) is 8.06. The maximum absolute atomic E-state index is 13.6. The van der Waals surface area contributed by atoms with Crippen molar-refractivity contribution in [2.45, 2.75) is 24.6 Å². The molecule has 3 heterocycles. The minimum Gasteiger partial charge on any atom is -0.348 e. The minimum atomic E-state index is -1.08. The molecule has 0 aliphatic carbocycles. The molecule has 162 valence electrons. The smallest absolute Gasteiger partial charge is 0.306 e. The molecule has 2 amide bonds. The van der Waals surface area contributed by atoms with E-state index >= 15 is 0 Å². The molecule has 1 saturated heterocycles. The first-order valence-electron chi connectivity index (χ1n) is 10.2. The van der Waals surface area contributed by atoms with Crippen LogP contribution in [0.1, 0.15) is 17.9 Å². The largest absolute Gasteiger partial charge is 0.348 e. The van der Waals surface area contributed by atoms with E-state index in [2.05, 4.69) is 10.1 Å². The number of alkyl halides is 1. The summed E-state index contributed by atoms with van der Waals surface area (Å²) in [6.45, 7) is 0.352. The lowest BCUT2D eigenvalue weighted by molar-refractivity contribution is -0.576. The van der Waals surface area contributed by atoms with Gasteiger partial charge in [-0.15, -0.1) is 4.52 Å². The van der Waals surface area contributed by atoms with Crippen LogP contribution in [0.3, 0.4) is 0 Å². The van der Waals surface area contributed by atoms with Crippen LogP contribution in [0.25, 0.3) is 16.8 Å². The average molecular weight is 425 g/mol. The molecule has 1 aromatic carbocycles. The molecular weight excluding hydrogens is 399 g/mol. The van der Waals surface area contributed by atoms with Crippen molar-refractivity contribution >= 4 is 17.5 Å². The zero-order chi connectivity index (χ0) is 22.1. The molecule has 2 aromatic heterocycles. The van der Waals surface area contributed by atoms with Gasteiger partial charge in [0.1, 0.15) is 18.4 Å². The highest BCUT2D eigenvalue weighted by Crippen LogP contribution is 2.27. The number of halogens is 1. The second-order valence-electron chi connectivity index (χ2n) is 8.06. The third kappa shape index (κ3) is 4.13. The Morgan fingerprint density at radius 1 is 1.23 bits per heavy atom. The number of nitrogens with two attached hydrogens (primary N) is 1. The fourth-order valence-corrected chi connectivity index (χ4v) is 3.96. The van der Waals surface area contributed by atoms with E-state index in [4.69, 9.17) is 5.73 Å². The van der Waals surface area contributed by atoms with E-state index in [-0.39, 0.29) is 12.5 Å². The van der Waals surface area contributed by atoms with Crippen LogP contribution in [0.15, 0.2) is 48.9 Å². The van der Waals surface area contributed by atoms with E-state index < -0.39 is 24.0 Å². The molecule has 1 aliphatic heterocycles. The van der Waals surface area contributed by atoms with Gasteiger partial charge in [-0.05, 0) is 28.7 Å². The van der Waals surface area contributed by atoms with Crippen LogP contribution in [-0.2, 0) is 9.59 Å². The Morgan fingerprint density at radius 3 is 2.58 bits per heavy atom. The van der Waals surface area contributed by atoms with E-state index in [1.54, 1.807) is 24.9 Å². The van der Waals surface area contributed by atoms with Crippen molar-refractivity contribution in [3.05, 3.63) is 54.5 Å². The van der Waals surface area contributed by atoms with Crippen molar-refractivity contribution in [3.8, 4) is 11.1 Å². The second kappa shape index (κ2) is 8.43. The predicted octanol–water partition coefficient (Wildman–Crippen LogP) is 0.885. The third-order valence-electron chi connectivity index (χ3n) is 5.72. The van der Waals surface area contributed by atoms with Crippen LogP contribution in [0.5, 0.6) is 0 Å². The van der Waals surface area contributed by atoms with Gasteiger partial charge in [0.2, 0.25) is 18.1 Å². The summed E-state index contributed by atoms with van der Waals surface area (Å²) in [5.74, 6) is -1.51. The van der Waals surface area contributed by atoms with E-state index in [0.717, 1.165) is 16.8 Å². The summed E-state index contributed by atoms with van der Waals surface area (Å²) >= 11 is 0. The van der Waals surface area contributed by atoms with E-state index in [0.29, 0.717) is 18.5 Å². The Hall–Kier alpha value is -3.33. The molecule has 1 aliphatic rings. The van der Waals surface area contributed by atoms with Crippen LogP contribution in [-0.4, -0.2) is 71.1 Å². The molecule has 3 aromatic rings. The number of aromatic nitrogens is 3. The van der Waals surface area contributed by atoms with Crippen LogP contribution in [0.4, 0.5) is 4.39 Å². The number of carbonyl (C=O) groups is 2. The topological polar surface area (TPSA) is 99.4 Å². The molecule has 0 saturated carbocycles. The summed E-state index contributed by atoms with van der Waals surface area (Å²) in [7, 11) is 3.26. The van der Waals surface area contributed by atoms with Gasteiger partial charge in [-0.1, -0.05) is 24.3 Å². The number of benzene rings is 1. The third-order valence-corrected chi connectivity index (χ3v) is 5.72. The summed E-state index contributed by atoms with van der Waals surface area (Å²) in [4.78, 5) is 31.7. The number of likely N-dealkylation sites (N-methyl/N-ethyl adjacent to an activating group) is 1. The number of likely N-dealkylation sites (tertiary alicyclic amines) is 1. The lowest BCUT2D eigenvalue weighted by Crippen LogP contribution is -2.50. The number of H-pyrrole nitrogens is 1. The fraction of sp³-hybridized carbons (Fsp3) is 0.364. The van der Waals surface area contributed by atoms with Gasteiger partial charge in [0, 0.05) is 32.3 Å². The van der Waals surface area contributed by atoms with Crippen molar-refractivity contribution in [1.82, 2.24) is 19.9 Å². The Balaban J connectivity index is 1.62. The highest BCUT2D eigenvalue weighted by Gasteiger charge is 2.37. The molecule has 0 radical (unpaired) electrons. The lowest BCUT2D eigenvalue weighted by Gasteiger charge is -2.28. The quantitative estimate of drug-likeness (QED) is 0.593. The monoisotopic (exact) mass is 425 g/mol. The van der Waals surface area contributed by atoms with Gasteiger partial charge in [0.15, 0.2) is 0 Å². The molecule has 0 spiro atoms.